The first-order chi connectivity index (χ1) is 17.2. The van der Waals surface area contributed by atoms with Gasteiger partial charge in [-0.2, -0.15) is 0 Å². The molecule has 0 atom stereocenters. The molecular weight excluding hydrogens is 571 g/mol. The van der Waals surface area contributed by atoms with E-state index in [1.807, 2.05) is 18.2 Å². The highest BCUT2D eigenvalue weighted by Gasteiger charge is 2.37. The lowest BCUT2D eigenvalue weighted by Crippen LogP contribution is -2.54. The van der Waals surface area contributed by atoms with E-state index in [9.17, 15) is 14.4 Å². The molecule has 10 heteroatoms. The third kappa shape index (κ3) is 5.11. The van der Waals surface area contributed by atoms with E-state index in [2.05, 4.69) is 21.2 Å². The van der Waals surface area contributed by atoms with Crippen molar-refractivity contribution >= 4 is 68.7 Å². The molecule has 184 valence electrons. The van der Waals surface area contributed by atoms with Crippen molar-refractivity contribution in [3.63, 3.8) is 0 Å². The third-order valence-electron chi connectivity index (χ3n) is 5.47. The minimum Gasteiger partial charge on any atom is -0.493 e. The number of anilines is 1. The molecule has 1 heterocycles. The number of urea groups is 1. The number of amides is 4. The molecule has 1 saturated heterocycles. The van der Waals surface area contributed by atoms with Gasteiger partial charge in [0.1, 0.15) is 12.2 Å². The van der Waals surface area contributed by atoms with E-state index in [0.717, 1.165) is 10.5 Å². The van der Waals surface area contributed by atoms with Crippen molar-refractivity contribution in [1.29, 1.82) is 0 Å². The minimum absolute atomic E-state index is 0.200. The number of nitrogens with zero attached hydrogens (tertiary/aromatic N) is 1. The van der Waals surface area contributed by atoms with Crippen molar-refractivity contribution in [2.24, 2.45) is 0 Å². The number of hydrogen-bond donors (Lipinski definition) is 1. The van der Waals surface area contributed by atoms with Crippen LogP contribution < -0.4 is 19.7 Å². The van der Waals surface area contributed by atoms with E-state index in [1.54, 1.807) is 43.3 Å². The number of carbonyl (C=O) groups is 3. The summed E-state index contributed by atoms with van der Waals surface area (Å²) in [6.45, 7) is 1.88. The van der Waals surface area contributed by atoms with Gasteiger partial charge in [-0.25, -0.2) is 9.69 Å². The van der Waals surface area contributed by atoms with Crippen molar-refractivity contribution in [2.75, 3.05) is 12.0 Å². The van der Waals surface area contributed by atoms with Crippen molar-refractivity contribution in [1.82, 2.24) is 5.32 Å². The molecule has 7 nitrogen and oxygen atoms in total. The van der Waals surface area contributed by atoms with Gasteiger partial charge in [-0.1, -0.05) is 47.5 Å². The standard InChI is InChI=1S/C26H19BrCl2N2O5/c1-14-19(28)8-5-9-21(14)31-25(33)17(24(32)30-26(31)34)10-15-11-18(27)23(22(12-15)35-2)36-13-16-6-3-4-7-20(16)29/h3-12H,13H2,1-2H3,(H,30,32,34)/b17-10+. The topological polar surface area (TPSA) is 84.9 Å². The number of carbonyl (C=O) groups excluding carboxylic acids is 3. The van der Waals surface area contributed by atoms with E-state index in [1.165, 1.54) is 13.2 Å². The minimum atomic E-state index is -0.852. The summed E-state index contributed by atoms with van der Waals surface area (Å²) >= 11 is 15.9. The maximum atomic E-state index is 13.3. The number of imide groups is 2. The summed E-state index contributed by atoms with van der Waals surface area (Å²) in [5.74, 6) is -0.797. The Morgan fingerprint density at radius 1 is 1.03 bits per heavy atom. The van der Waals surface area contributed by atoms with Crippen LogP contribution in [0.5, 0.6) is 11.5 Å². The zero-order valence-electron chi connectivity index (χ0n) is 19.1. The number of hydrogen-bond acceptors (Lipinski definition) is 5. The van der Waals surface area contributed by atoms with Gasteiger partial charge in [0, 0.05) is 15.6 Å². The van der Waals surface area contributed by atoms with Crippen LogP contribution in [0, 0.1) is 6.92 Å². The number of ether oxygens (including phenoxy) is 2. The van der Waals surface area contributed by atoms with E-state index in [4.69, 9.17) is 32.7 Å². The van der Waals surface area contributed by atoms with Gasteiger partial charge in [-0.05, 0) is 70.4 Å². The number of halogens is 3. The molecule has 3 aromatic carbocycles. The van der Waals surface area contributed by atoms with Crippen molar-refractivity contribution in [3.8, 4) is 11.5 Å². The van der Waals surface area contributed by atoms with E-state index in [0.29, 0.717) is 37.1 Å². The molecule has 0 aliphatic carbocycles. The summed E-state index contributed by atoms with van der Waals surface area (Å²) in [5, 5.41) is 3.17. The molecule has 0 aromatic heterocycles. The second kappa shape index (κ2) is 10.7. The summed E-state index contributed by atoms with van der Waals surface area (Å²) in [6.07, 6.45) is 1.38. The van der Waals surface area contributed by atoms with Gasteiger partial charge in [-0.15, -0.1) is 0 Å². The molecule has 0 saturated carbocycles. The molecule has 1 aliphatic rings. The van der Waals surface area contributed by atoms with E-state index < -0.39 is 17.8 Å². The van der Waals surface area contributed by atoms with Gasteiger partial charge in [0.05, 0.1) is 17.3 Å². The number of benzene rings is 3. The molecule has 4 amide bonds. The SMILES string of the molecule is COc1cc(/C=C2\C(=O)NC(=O)N(c3cccc(Cl)c3C)C2=O)cc(Br)c1OCc1ccccc1Cl. The Bertz CT molecular complexity index is 1420. The second-order valence-electron chi connectivity index (χ2n) is 7.76. The fourth-order valence-electron chi connectivity index (χ4n) is 3.61. The molecular formula is C26H19BrCl2N2O5. The maximum absolute atomic E-state index is 13.3. The molecule has 1 N–H and O–H groups in total. The molecule has 0 unspecified atom stereocenters. The molecule has 0 bridgehead atoms. The van der Waals surface area contributed by atoms with Crippen molar-refractivity contribution in [2.45, 2.75) is 13.5 Å². The van der Waals surface area contributed by atoms with Gasteiger partial charge in [0.15, 0.2) is 11.5 Å². The van der Waals surface area contributed by atoms with Crippen molar-refractivity contribution in [3.05, 3.63) is 91.4 Å². The Morgan fingerprint density at radius 3 is 2.47 bits per heavy atom. The van der Waals surface area contributed by atoms with Crippen LogP contribution in [0.4, 0.5) is 10.5 Å². The Balaban J connectivity index is 1.67. The van der Waals surface area contributed by atoms with Gasteiger partial charge >= 0.3 is 6.03 Å². The lowest BCUT2D eigenvalue weighted by molar-refractivity contribution is -0.122. The fraction of sp³-hybridized carbons (Fsp3) is 0.115. The van der Waals surface area contributed by atoms with Crippen LogP contribution in [0.15, 0.2) is 64.6 Å². The number of rotatable bonds is 6. The van der Waals surface area contributed by atoms with Crippen LogP contribution in [0.2, 0.25) is 10.0 Å². The zero-order valence-corrected chi connectivity index (χ0v) is 22.2. The van der Waals surface area contributed by atoms with Crippen LogP contribution in [-0.2, 0) is 16.2 Å². The molecule has 4 rings (SSSR count). The first-order valence-corrected chi connectivity index (χ1v) is 12.2. The van der Waals surface area contributed by atoms with E-state index in [-0.39, 0.29) is 17.9 Å². The second-order valence-corrected chi connectivity index (χ2v) is 9.42. The Hall–Kier alpha value is -3.33. The van der Waals surface area contributed by atoms with Crippen LogP contribution in [-0.4, -0.2) is 25.0 Å². The number of methoxy groups -OCH3 is 1. The van der Waals surface area contributed by atoms with Crippen LogP contribution in [0.3, 0.4) is 0 Å². The monoisotopic (exact) mass is 588 g/mol. The molecule has 0 spiro atoms. The fourth-order valence-corrected chi connectivity index (χ4v) is 4.54. The van der Waals surface area contributed by atoms with Crippen LogP contribution in [0.25, 0.3) is 6.08 Å². The molecule has 1 fully saturated rings. The Labute approximate surface area is 225 Å². The van der Waals surface area contributed by atoms with Gasteiger partial charge < -0.3 is 9.47 Å². The first-order valence-electron chi connectivity index (χ1n) is 10.6. The molecule has 0 radical (unpaired) electrons. The largest absolute Gasteiger partial charge is 0.493 e. The summed E-state index contributed by atoms with van der Waals surface area (Å²) < 4.78 is 12.0. The lowest BCUT2D eigenvalue weighted by Gasteiger charge is -2.27. The molecule has 1 aliphatic heterocycles. The van der Waals surface area contributed by atoms with E-state index >= 15 is 0 Å². The molecule has 36 heavy (non-hydrogen) atoms. The first kappa shape index (κ1) is 25.8. The lowest BCUT2D eigenvalue weighted by atomic mass is 10.1. The summed E-state index contributed by atoms with van der Waals surface area (Å²) in [4.78, 5) is 39.3. The highest BCUT2D eigenvalue weighted by Crippen LogP contribution is 2.38. The maximum Gasteiger partial charge on any atom is 0.335 e. The average Bonchev–Trinajstić information content (AvgIpc) is 2.84. The predicted octanol–water partition coefficient (Wildman–Crippen LogP) is 6.32. The third-order valence-corrected chi connectivity index (χ3v) is 6.84. The van der Waals surface area contributed by atoms with Gasteiger partial charge in [-0.3, -0.25) is 14.9 Å². The Kier molecular flexibility index (Phi) is 7.68. The zero-order chi connectivity index (χ0) is 26.0. The van der Waals surface area contributed by atoms with Gasteiger partial charge in [0.25, 0.3) is 11.8 Å². The predicted molar refractivity (Wildman–Crippen MR) is 142 cm³/mol. The summed E-state index contributed by atoms with van der Waals surface area (Å²) in [5.41, 5.74) is 1.85. The quantitative estimate of drug-likeness (QED) is 0.269. The highest BCUT2D eigenvalue weighted by molar-refractivity contribution is 9.10. The summed E-state index contributed by atoms with van der Waals surface area (Å²) in [6, 6.07) is 14.6. The average molecular weight is 590 g/mol. The van der Waals surface area contributed by atoms with Crippen LogP contribution in [0.1, 0.15) is 16.7 Å². The summed E-state index contributed by atoms with van der Waals surface area (Å²) in [7, 11) is 1.47. The number of barbiturate groups is 1. The number of nitrogens with one attached hydrogen (secondary N) is 1. The van der Waals surface area contributed by atoms with Crippen LogP contribution >= 0.6 is 39.1 Å². The normalized spacial score (nSPS) is 14.8. The van der Waals surface area contributed by atoms with Gasteiger partial charge in [0.2, 0.25) is 0 Å². The smallest absolute Gasteiger partial charge is 0.335 e. The highest BCUT2D eigenvalue weighted by atomic mass is 79.9. The molecule has 3 aromatic rings. The van der Waals surface area contributed by atoms with Crippen molar-refractivity contribution < 1.29 is 23.9 Å². The Morgan fingerprint density at radius 2 is 1.75 bits per heavy atom.